The Balaban J connectivity index is 0.000000770. The summed E-state index contributed by atoms with van der Waals surface area (Å²) >= 11 is 0. The maximum Gasteiger partial charge on any atom is 0.317 e. The van der Waals surface area contributed by atoms with Gasteiger partial charge >= 0.3 is 5.69 Å². The van der Waals surface area contributed by atoms with Crippen LogP contribution in [0.1, 0.15) is 12.5 Å². The molecule has 17 heavy (non-hydrogen) atoms. The summed E-state index contributed by atoms with van der Waals surface area (Å²) in [6.07, 6.45) is 0. The van der Waals surface area contributed by atoms with Crippen molar-refractivity contribution in [2.75, 3.05) is 6.61 Å². The lowest BCUT2D eigenvalue weighted by molar-refractivity contribution is -0.394. The molecule has 0 spiro atoms. The first-order valence-electron chi connectivity index (χ1n) is 4.58. The first kappa shape index (κ1) is 14.8. The summed E-state index contributed by atoms with van der Waals surface area (Å²) in [5, 5.41) is 37.5. The second-order valence-corrected chi connectivity index (χ2v) is 2.96. The molecule has 1 aromatic rings. The van der Waals surface area contributed by atoms with Gasteiger partial charge in [0.05, 0.1) is 15.9 Å². The molecule has 0 aliphatic rings. The van der Waals surface area contributed by atoms with Crippen LogP contribution < -0.4 is 0 Å². The number of phenols is 1. The first-order valence-corrected chi connectivity index (χ1v) is 4.58. The summed E-state index contributed by atoms with van der Waals surface area (Å²) in [6.45, 7) is 3.29. The highest BCUT2D eigenvalue weighted by molar-refractivity contribution is 5.57. The van der Waals surface area contributed by atoms with Crippen LogP contribution >= 0.6 is 0 Å². The SMILES string of the molecule is CCO.Cc1cc([N+](=O)[O-])cc([N+](=O)[O-])c1O. The second-order valence-electron chi connectivity index (χ2n) is 2.96. The van der Waals surface area contributed by atoms with Crippen molar-refractivity contribution < 1.29 is 20.1 Å². The number of hydrogen-bond acceptors (Lipinski definition) is 6. The molecule has 0 aliphatic carbocycles. The van der Waals surface area contributed by atoms with Crippen LogP contribution in [0, 0.1) is 27.2 Å². The van der Waals surface area contributed by atoms with E-state index in [1.165, 1.54) is 6.92 Å². The molecule has 1 rings (SSSR count). The molecule has 0 amide bonds. The van der Waals surface area contributed by atoms with E-state index in [2.05, 4.69) is 0 Å². The largest absolute Gasteiger partial charge is 0.502 e. The zero-order chi connectivity index (χ0) is 13.6. The number of aryl methyl sites for hydroxylation is 1. The number of nitrogens with zero attached hydrogens (tertiary/aromatic N) is 2. The van der Waals surface area contributed by atoms with Crippen LogP contribution in [0.4, 0.5) is 11.4 Å². The number of hydrogen-bond donors (Lipinski definition) is 2. The van der Waals surface area contributed by atoms with E-state index in [4.69, 9.17) is 5.11 Å². The third-order valence-electron chi connectivity index (χ3n) is 1.67. The molecule has 94 valence electrons. The molecule has 0 unspecified atom stereocenters. The normalized spacial score (nSPS) is 9.12. The minimum absolute atomic E-state index is 0.103. The quantitative estimate of drug-likeness (QED) is 0.599. The molecule has 0 heterocycles. The van der Waals surface area contributed by atoms with E-state index in [0.29, 0.717) is 0 Å². The maximum atomic E-state index is 10.4. The average molecular weight is 244 g/mol. The molecule has 8 heteroatoms. The lowest BCUT2D eigenvalue weighted by Crippen LogP contribution is -1.94. The van der Waals surface area contributed by atoms with Crippen LogP contribution in [-0.2, 0) is 0 Å². The van der Waals surface area contributed by atoms with E-state index in [0.717, 1.165) is 12.1 Å². The summed E-state index contributed by atoms with van der Waals surface area (Å²) < 4.78 is 0. The van der Waals surface area contributed by atoms with Gasteiger partial charge < -0.3 is 10.2 Å². The number of aliphatic hydroxyl groups excluding tert-OH is 1. The van der Waals surface area contributed by atoms with Crippen molar-refractivity contribution in [1.82, 2.24) is 0 Å². The van der Waals surface area contributed by atoms with E-state index >= 15 is 0 Å². The van der Waals surface area contributed by atoms with Gasteiger partial charge in [-0.3, -0.25) is 20.2 Å². The fourth-order valence-electron chi connectivity index (χ4n) is 0.987. The molecule has 0 radical (unpaired) electrons. The number of nitro groups is 2. The molecule has 0 atom stereocenters. The van der Waals surface area contributed by atoms with Crippen LogP contribution in [0.25, 0.3) is 0 Å². The van der Waals surface area contributed by atoms with E-state index in [9.17, 15) is 25.3 Å². The molecule has 0 aromatic heterocycles. The average Bonchev–Trinajstić information content (AvgIpc) is 2.22. The van der Waals surface area contributed by atoms with Gasteiger partial charge in [0.25, 0.3) is 5.69 Å². The second kappa shape index (κ2) is 6.38. The molecule has 2 N–H and O–H groups in total. The summed E-state index contributed by atoms with van der Waals surface area (Å²) in [5.41, 5.74) is -0.963. The highest BCUT2D eigenvalue weighted by atomic mass is 16.6. The molecular formula is C9H12N2O6. The minimum atomic E-state index is -0.866. The monoisotopic (exact) mass is 244 g/mol. The number of aliphatic hydroxyl groups is 1. The Hall–Kier alpha value is -2.22. The van der Waals surface area contributed by atoms with Crippen molar-refractivity contribution >= 4 is 11.4 Å². The Kier molecular flexibility index (Phi) is 5.55. The molecule has 0 aliphatic heterocycles. The zero-order valence-corrected chi connectivity index (χ0v) is 9.28. The summed E-state index contributed by atoms with van der Waals surface area (Å²) in [5.74, 6) is -0.541. The van der Waals surface area contributed by atoms with E-state index in [-0.39, 0.29) is 12.2 Å². The maximum absolute atomic E-state index is 10.4. The Bertz CT molecular complexity index is 432. The zero-order valence-electron chi connectivity index (χ0n) is 9.28. The predicted molar refractivity (Wildman–Crippen MR) is 58.9 cm³/mol. The van der Waals surface area contributed by atoms with Crippen LogP contribution in [0.15, 0.2) is 12.1 Å². The van der Waals surface area contributed by atoms with Crippen molar-refractivity contribution in [3.8, 4) is 5.75 Å². The molecule has 1 aromatic carbocycles. The molecule has 8 nitrogen and oxygen atoms in total. The van der Waals surface area contributed by atoms with Crippen molar-refractivity contribution in [2.24, 2.45) is 0 Å². The summed E-state index contributed by atoms with van der Waals surface area (Å²) in [6, 6.07) is 1.80. The fourth-order valence-corrected chi connectivity index (χ4v) is 0.987. The van der Waals surface area contributed by atoms with Crippen LogP contribution in [-0.4, -0.2) is 26.7 Å². The Morgan fingerprint density at radius 3 is 2.06 bits per heavy atom. The van der Waals surface area contributed by atoms with Gasteiger partial charge in [0.1, 0.15) is 0 Å². The number of rotatable bonds is 2. The van der Waals surface area contributed by atoms with Gasteiger partial charge in [-0.25, -0.2) is 0 Å². The summed E-state index contributed by atoms with van der Waals surface area (Å²) in [4.78, 5) is 19.1. The molecule has 0 fully saturated rings. The van der Waals surface area contributed by atoms with Gasteiger partial charge in [-0.2, -0.15) is 0 Å². The first-order chi connectivity index (χ1) is 7.84. The fraction of sp³-hybridized carbons (Fsp3) is 0.333. The molecule has 0 saturated carbocycles. The smallest absolute Gasteiger partial charge is 0.317 e. The lowest BCUT2D eigenvalue weighted by Gasteiger charge is -1.99. The highest BCUT2D eigenvalue weighted by Crippen LogP contribution is 2.33. The Morgan fingerprint density at radius 2 is 1.71 bits per heavy atom. The van der Waals surface area contributed by atoms with Gasteiger partial charge in [0, 0.05) is 18.2 Å². The van der Waals surface area contributed by atoms with Gasteiger partial charge in [-0.15, -0.1) is 0 Å². The highest BCUT2D eigenvalue weighted by Gasteiger charge is 2.21. The van der Waals surface area contributed by atoms with Crippen molar-refractivity contribution in [3.05, 3.63) is 37.9 Å². The van der Waals surface area contributed by atoms with Crippen LogP contribution in [0.5, 0.6) is 5.75 Å². The van der Waals surface area contributed by atoms with E-state index < -0.39 is 27.0 Å². The van der Waals surface area contributed by atoms with E-state index in [1.54, 1.807) is 6.92 Å². The lowest BCUT2D eigenvalue weighted by atomic mass is 10.1. The van der Waals surface area contributed by atoms with Crippen LogP contribution in [0.3, 0.4) is 0 Å². The van der Waals surface area contributed by atoms with Gasteiger partial charge in [-0.05, 0) is 13.8 Å². The minimum Gasteiger partial charge on any atom is -0.502 e. The van der Waals surface area contributed by atoms with Crippen molar-refractivity contribution in [1.29, 1.82) is 0 Å². The van der Waals surface area contributed by atoms with Gasteiger partial charge in [0.2, 0.25) is 0 Å². The number of aromatic hydroxyl groups is 1. The number of benzene rings is 1. The number of phenolic OH excluding ortho intramolecular Hbond substituents is 1. The number of nitro benzene ring substituents is 2. The Morgan fingerprint density at radius 1 is 1.24 bits per heavy atom. The predicted octanol–water partition coefficient (Wildman–Crippen LogP) is 1.52. The van der Waals surface area contributed by atoms with Gasteiger partial charge in [0.15, 0.2) is 5.75 Å². The third kappa shape index (κ3) is 4.03. The van der Waals surface area contributed by atoms with Gasteiger partial charge in [-0.1, -0.05) is 0 Å². The topological polar surface area (TPSA) is 127 Å². The van der Waals surface area contributed by atoms with Crippen molar-refractivity contribution in [2.45, 2.75) is 13.8 Å². The molecule has 0 bridgehead atoms. The molecular weight excluding hydrogens is 232 g/mol. The van der Waals surface area contributed by atoms with E-state index in [1.807, 2.05) is 0 Å². The number of non-ortho nitro benzene ring substituents is 1. The Labute approximate surface area is 96.4 Å². The standard InChI is InChI=1S/C7H6N2O5.C2H6O/c1-4-2-5(8(11)12)3-6(7(4)10)9(13)14;1-2-3/h2-3,10H,1H3;3H,2H2,1H3. The summed E-state index contributed by atoms with van der Waals surface area (Å²) in [7, 11) is 0. The molecule has 0 saturated heterocycles. The third-order valence-corrected chi connectivity index (χ3v) is 1.67. The van der Waals surface area contributed by atoms with Crippen LogP contribution in [0.2, 0.25) is 0 Å². The van der Waals surface area contributed by atoms with Crippen molar-refractivity contribution in [3.63, 3.8) is 0 Å².